The van der Waals surface area contributed by atoms with E-state index >= 15 is 0 Å². The summed E-state index contributed by atoms with van der Waals surface area (Å²) in [6, 6.07) is -1.17. The molecule has 0 spiro atoms. The van der Waals surface area contributed by atoms with Crippen LogP contribution < -0.4 is 11.1 Å². The summed E-state index contributed by atoms with van der Waals surface area (Å²) < 4.78 is 4.82. The molecular weight excluding hydrogens is 220 g/mol. The first kappa shape index (κ1) is 13.3. The Morgan fingerprint density at radius 1 is 1.31 bits per heavy atom. The molecule has 1 heterocycles. The van der Waals surface area contributed by atoms with Crippen LogP contribution >= 0.6 is 0 Å². The zero-order valence-electron chi connectivity index (χ0n) is 8.48. The molecule has 94 valence electrons. The third-order valence-corrected chi connectivity index (χ3v) is 2.41. The number of hydrogen-bond donors (Lipinski definition) is 6. The summed E-state index contributed by atoms with van der Waals surface area (Å²) in [4.78, 5) is 11.0. The zero-order chi connectivity index (χ0) is 12.3. The van der Waals surface area contributed by atoms with Crippen molar-refractivity contribution in [3.05, 3.63) is 0 Å². The van der Waals surface area contributed by atoms with Gasteiger partial charge in [0.25, 0.3) is 0 Å². The Morgan fingerprint density at radius 2 is 1.94 bits per heavy atom. The monoisotopic (exact) mass is 236 g/mol. The predicted molar refractivity (Wildman–Crippen MR) is 51.0 cm³/mol. The summed E-state index contributed by atoms with van der Waals surface area (Å²) in [6.45, 7) is -0.859. The second-order valence-electron chi connectivity index (χ2n) is 3.53. The lowest BCUT2D eigenvalue weighted by Gasteiger charge is -2.40. The van der Waals surface area contributed by atoms with Crippen molar-refractivity contribution in [1.82, 2.24) is 5.32 Å². The number of rotatable bonds is 3. The van der Waals surface area contributed by atoms with Crippen molar-refractivity contribution in [3.63, 3.8) is 0 Å². The third-order valence-electron chi connectivity index (χ3n) is 2.41. The van der Waals surface area contributed by atoms with E-state index in [0.717, 1.165) is 0 Å². The lowest BCUT2D eigenvalue weighted by Crippen LogP contribution is -2.64. The normalized spacial score (nSPS) is 39.4. The maximum Gasteiger partial charge on any atom is 0.234 e. The van der Waals surface area contributed by atoms with Gasteiger partial charge in [0.2, 0.25) is 5.91 Å². The number of nitrogens with one attached hydrogen (secondary N) is 1. The average Bonchev–Trinajstić information content (AvgIpc) is 2.28. The van der Waals surface area contributed by atoms with Gasteiger partial charge in [-0.3, -0.25) is 4.79 Å². The molecule has 1 saturated heterocycles. The predicted octanol–water partition coefficient (Wildman–Crippen LogP) is -4.14. The van der Waals surface area contributed by atoms with Crippen molar-refractivity contribution in [3.8, 4) is 0 Å². The van der Waals surface area contributed by atoms with Crippen LogP contribution in [-0.2, 0) is 9.53 Å². The maximum atomic E-state index is 11.0. The number of hydrogen-bond acceptors (Lipinski definition) is 7. The van der Waals surface area contributed by atoms with E-state index in [1.807, 2.05) is 0 Å². The molecule has 16 heavy (non-hydrogen) atoms. The number of ether oxygens (including phenoxy) is 1. The van der Waals surface area contributed by atoms with Crippen molar-refractivity contribution >= 4 is 5.91 Å². The molecule has 1 fully saturated rings. The first-order valence-corrected chi connectivity index (χ1v) is 4.81. The molecule has 0 bridgehead atoms. The summed E-state index contributed by atoms with van der Waals surface area (Å²) in [5, 5.41) is 39.5. The second-order valence-corrected chi connectivity index (χ2v) is 3.53. The van der Waals surface area contributed by atoms with Crippen LogP contribution in [0.4, 0.5) is 0 Å². The maximum absolute atomic E-state index is 11.0. The van der Waals surface area contributed by atoms with E-state index in [0.29, 0.717) is 0 Å². The molecule has 1 aliphatic rings. The Bertz CT molecular complexity index is 251. The number of carbonyl (C=O) groups excluding carboxylic acids is 1. The van der Waals surface area contributed by atoms with E-state index in [1.54, 1.807) is 0 Å². The molecule has 7 N–H and O–H groups in total. The minimum Gasteiger partial charge on any atom is -0.394 e. The van der Waals surface area contributed by atoms with Crippen LogP contribution in [0.5, 0.6) is 0 Å². The molecule has 0 saturated carbocycles. The van der Waals surface area contributed by atoms with Gasteiger partial charge in [-0.15, -0.1) is 0 Å². The Hall–Kier alpha value is -0.770. The van der Waals surface area contributed by atoms with E-state index in [2.05, 4.69) is 5.32 Å². The molecule has 0 aromatic heterocycles. The molecule has 1 rings (SSSR count). The highest BCUT2D eigenvalue weighted by molar-refractivity contribution is 5.78. The van der Waals surface area contributed by atoms with Crippen molar-refractivity contribution in [2.75, 3.05) is 13.2 Å². The largest absolute Gasteiger partial charge is 0.394 e. The highest BCUT2D eigenvalue weighted by atomic mass is 16.6. The first-order chi connectivity index (χ1) is 7.51. The van der Waals surface area contributed by atoms with Gasteiger partial charge in [0.1, 0.15) is 24.4 Å². The number of carbonyl (C=O) groups is 1. The number of aliphatic hydroxyl groups excluding tert-OH is 4. The van der Waals surface area contributed by atoms with E-state index in [9.17, 15) is 20.1 Å². The van der Waals surface area contributed by atoms with E-state index in [1.165, 1.54) is 0 Å². The van der Waals surface area contributed by atoms with Crippen molar-refractivity contribution in [2.45, 2.75) is 30.6 Å². The molecule has 8 nitrogen and oxygen atoms in total. The molecule has 1 aliphatic heterocycles. The molecule has 0 aliphatic carbocycles. The number of amides is 1. The van der Waals surface area contributed by atoms with Gasteiger partial charge in [-0.25, -0.2) is 0 Å². The third kappa shape index (κ3) is 2.67. The Balaban J connectivity index is 2.67. The van der Waals surface area contributed by atoms with Crippen LogP contribution in [-0.4, -0.2) is 70.1 Å². The van der Waals surface area contributed by atoms with Gasteiger partial charge in [0, 0.05) is 0 Å². The Labute approximate surface area is 91.6 Å². The van der Waals surface area contributed by atoms with Crippen LogP contribution in [0.3, 0.4) is 0 Å². The van der Waals surface area contributed by atoms with E-state index in [4.69, 9.17) is 15.6 Å². The number of nitrogens with two attached hydrogens (primary N) is 1. The molecule has 0 radical (unpaired) electrons. The van der Waals surface area contributed by atoms with Gasteiger partial charge in [0.05, 0.1) is 13.2 Å². The molecular formula is C8H16N2O6. The standard InChI is InChI=1S/C8H16N2O6/c9-1-4(12)10-5-7(14)6(13)3(2-11)16-8(5)15/h3,5-8,11,13-15H,1-2,9H2,(H,10,12)/t3-,5-,6-,7-,8-/m1/s1. The fourth-order valence-electron chi connectivity index (χ4n) is 1.50. The van der Waals surface area contributed by atoms with E-state index < -0.39 is 43.2 Å². The summed E-state index contributed by atoms with van der Waals surface area (Å²) >= 11 is 0. The molecule has 0 aromatic rings. The van der Waals surface area contributed by atoms with Crippen LogP contribution in [0.15, 0.2) is 0 Å². The van der Waals surface area contributed by atoms with Gasteiger partial charge >= 0.3 is 0 Å². The van der Waals surface area contributed by atoms with Gasteiger partial charge in [-0.1, -0.05) is 0 Å². The Morgan fingerprint density at radius 3 is 2.44 bits per heavy atom. The van der Waals surface area contributed by atoms with Crippen LogP contribution in [0, 0.1) is 0 Å². The fraction of sp³-hybridized carbons (Fsp3) is 0.875. The first-order valence-electron chi connectivity index (χ1n) is 4.81. The van der Waals surface area contributed by atoms with E-state index in [-0.39, 0.29) is 6.54 Å². The molecule has 0 unspecified atom stereocenters. The summed E-state index contributed by atoms with van der Waals surface area (Å²) in [5.74, 6) is -0.596. The molecule has 1 amide bonds. The summed E-state index contributed by atoms with van der Waals surface area (Å²) in [7, 11) is 0. The minimum absolute atomic E-state index is 0.310. The lowest BCUT2D eigenvalue weighted by molar-refractivity contribution is -0.253. The average molecular weight is 236 g/mol. The smallest absolute Gasteiger partial charge is 0.234 e. The highest BCUT2D eigenvalue weighted by Crippen LogP contribution is 2.19. The SMILES string of the molecule is NCC(=O)N[C@@H]1[C@@H](O)[C@H](O)[C@@H](CO)O[C@H]1O. The molecule has 5 atom stereocenters. The van der Waals surface area contributed by atoms with Crippen molar-refractivity contribution in [2.24, 2.45) is 5.73 Å². The highest BCUT2D eigenvalue weighted by Gasteiger charge is 2.44. The lowest BCUT2D eigenvalue weighted by atomic mass is 9.97. The fourth-order valence-corrected chi connectivity index (χ4v) is 1.50. The van der Waals surface area contributed by atoms with Gasteiger partial charge < -0.3 is 36.2 Å². The summed E-state index contributed by atoms with van der Waals surface area (Å²) in [6.07, 6.45) is -5.42. The van der Waals surface area contributed by atoms with Gasteiger partial charge in [-0.05, 0) is 0 Å². The minimum atomic E-state index is -1.51. The van der Waals surface area contributed by atoms with Crippen LogP contribution in [0.1, 0.15) is 0 Å². The van der Waals surface area contributed by atoms with Gasteiger partial charge in [-0.2, -0.15) is 0 Å². The Kier molecular flexibility index (Phi) is 4.59. The molecule has 8 heteroatoms. The second kappa shape index (κ2) is 5.53. The zero-order valence-corrected chi connectivity index (χ0v) is 8.48. The van der Waals surface area contributed by atoms with Gasteiger partial charge in [0.15, 0.2) is 6.29 Å². The van der Waals surface area contributed by atoms with Crippen LogP contribution in [0.2, 0.25) is 0 Å². The topological polar surface area (TPSA) is 145 Å². The summed E-state index contributed by atoms with van der Waals surface area (Å²) in [5.41, 5.74) is 5.05. The van der Waals surface area contributed by atoms with Crippen molar-refractivity contribution in [1.29, 1.82) is 0 Å². The quantitative estimate of drug-likeness (QED) is 0.292. The van der Waals surface area contributed by atoms with Crippen molar-refractivity contribution < 1.29 is 30.0 Å². The van der Waals surface area contributed by atoms with Crippen LogP contribution in [0.25, 0.3) is 0 Å². The molecule has 0 aromatic carbocycles. The number of aliphatic hydroxyl groups is 4.